The smallest absolute Gasteiger partial charge is 0.223 e. The Morgan fingerprint density at radius 1 is 1.53 bits per heavy atom. The van der Waals surface area contributed by atoms with Crippen molar-refractivity contribution in [3.05, 3.63) is 17.0 Å². The van der Waals surface area contributed by atoms with Crippen LogP contribution >= 0.6 is 0 Å². The Bertz CT molecular complexity index is 424. The van der Waals surface area contributed by atoms with Gasteiger partial charge in [-0.3, -0.25) is 4.79 Å². The van der Waals surface area contributed by atoms with E-state index >= 15 is 0 Å². The predicted octanol–water partition coefficient (Wildman–Crippen LogP) is 0.444. The predicted molar refractivity (Wildman–Crippen MR) is 67.7 cm³/mol. The van der Waals surface area contributed by atoms with E-state index in [4.69, 9.17) is 9.26 Å². The van der Waals surface area contributed by atoms with Crippen molar-refractivity contribution in [1.82, 2.24) is 10.1 Å². The summed E-state index contributed by atoms with van der Waals surface area (Å²) in [6.07, 6.45) is 1.02. The maximum Gasteiger partial charge on any atom is 0.223 e. The van der Waals surface area contributed by atoms with E-state index < -0.39 is 0 Å². The Morgan fingerprint density at radius 2 is 2.32 bits per heavy atom. The Kier molecular flexibility index (Phi) is 4.55. The van der Waals surface area contributed by atoms with Crippen LogP contribution in [-0.2, 0) is 16.0 Å². The third-order valence-corrected chi connectivity index (χ3v) is 3.53. The molecule has 0 bridgehead atoms. The lowest BCUT2D eigenvalue weighted by Crippen LogP contribution is -2.50. The van der Waals surface area contributed by atoms with Crippen molar-refractivity contribution in [2.24, 2.45) is 0 Å². The van der Waals surface area contributed by atoms with Crippen LogP contribution in [-0.4, -0.2) is 53.5 Å². The van der Waals surface area contributed by atoms with E-state index in [0.29, 0.717) is 32.6 Å². The molecule has 1 aliphatic heterocycles. The number of rotatable bonds is 4. The highest BCUT2D eigenvalue weighted by atomic mass is 16.5. The van der Waals surface area contributed by atoms with E-state index in [0.717, 1.165) is 17.0 Å². The molecule has 1 aromatic rings. The molecule has 2 rings (SSSR count). The van der Waals surface area contributed by atoms with E-state index in [1.165, 1.54) is 0 Å². The molecule has 0 spiro atoms. The van der Waals surface area contributed by atoms with Crippen LogP contribution in [0.25, 0.3) is 0 Å². The number of aryl methyl sites for hydroxylation is 2. The van der Waals surface area contributed by atoms with Gasteiger partial charge in [-0.25, -0.2) is 0 Å². The van der Waals surface area contributed by atoms with Gasteiger partial charge in [0.05, 0.1) is 31.6 Å². The van der Waals surface area contributed by atoms with E-state index in [2.05, 4.69) is 5.16 Å². The van der Waals surface area contributed by atoms with Crippen molar-refractivity contribution >= 4 is 5.91 Å². The highest BCUT2D eigenvalue weighted by molar-refractivity contribution is 5.77. The summed E-state index contributed by atoms with van der Waals surface area (Å²) < 4.78 is 10.3. The summed E-state index contributed by atoms with van der Waals surface area (Å²) >= 11 is 0. The number of amides is 1. The third kappa shape index (κ3) is 3.13. The molecule has 1 aromatic heterocycles. The largest absolute Gasteiger partial charge is 0.394 e. The van der Waals surface area contributed by atoms with Gasteiger partial charge in [0.25, 0.3) is 0 Å². The average Bonchev–Trinajstić information content (AvgIpc) is 2.75. The van der Waals surface area contributed by atoms with E-state index in [9.17, 15) is 9.90 Å². The maximum atomic E-state index is 12.2. The molecule has 1 amide bonds. The standard InChI is InChI=1S/C13H20N2O4/c1-9-12(10(2)19-14-9)3-4-13(17)15-5-6-18-8-11(15)7-16/h11,16H,3-8H2,1-2H3. The number of nitrogens with zero attached hydrogens (tertiary/aromatic N) is 2. The fourth-order valence-electron chi connectivity index (χ4n) is 2.37. The average molecular weight is 268 g/mol. The summed E-state index contributed by atoms with van der Waals surface area (Å²) in [5.74, 6) is 0.813. The molecule has 1 atom stereocenters. The van der Waals surface area contributed by atoms with Gasteiger partial charge in [-0.1, -0.05) is 5.16 Å². The van der Waals surface area contributed by atoms with Crippen LogP contribution in [0.4, 0.5) is 0 Å². The van der Waals surface area contributed by atoms with Gasteiger partial charge in [-0.15, -0.1) is 0 Å². The Hall–Kier alpha value is -1.40. The van der Waals surface area contributed by atoms with Crippen molar-refractivity contribution < 1.29 is 19.2 Å². The molecular formula is C13H20N2O4. The van der Waals surface area contributed by atoms with Crippen LogP contribution in [0.5, 0.6) is 0 Å². The number of morpholine rings is 1. The van der Waals surface area contributed by atoms with Crippen LogP contribution in [0.2, 0.25) is 0 Å². The van der Waals surface area contributed by atoms with E-state index in [1.807, 2.05) is 13.8 Å². The summed E-state index contributed by atoms with van der Waals surface area (Å²) in [5, 5.41) is 13.1. The molecule has 0 aliphatic carbocycles. The first-order chi connectivity index (χ1) is 9.13. The quantitative estimate of drug-likeness (QED) is 0.857. The molecule has 106 valence electrons. The summed E-state index contributed by atoms with van der Waals surface area (Å²) in [4.78, 5) is 13.9. The highest BCUT2D eigenvalue weighted by Crippen LogP contribution is 2.16. The lowest BCUT2D eigenvalue weighted by Gasteiger charge is -2.34. The summed E-state index contributed by atoms with van der Waals surface area (Å²) in [6.45, 7) is 5.16. The third-order valence-electron chi connectivity index (χ3n) is 3.53. The monoisotopic (exact) mass is 268 g/mol. The number of hydrogen-bond acceptors (Lipinski definition) is 5. The molecule has 0 radical (unpaired) electrons. The van der Waals surface area contributed by atoms with Gasteiger partial charge >= 0.3 is 0 Å². The second-order valence-corrected chi connectivity index (χ2v) is 4.80. The van der Waals surface area contributed by atoms with Gasteiger partial charge in [0.1, 0.15) is 5.76 Å². The molecule has 1 unspecified atom stereocenters. The second kappa shape index (κ2) is 6.16. The number of aliphatic hydroxyl groups is 1. The first-order valence-electron chi connectivity index (χ1n) is 6.53. The van der Waals surface area contributed by atoms with Crippen molar-refractivity contribution in [3.8, 4) is 0 Å². The van der Waals surface area contributed by atoms with Crippen molar-refractivity contribution in [2.45, 2.75) is 32.7 Å². The minimum atomic E-state index is -0.217. The topological polar surface area (TPSA) is 75.8 Å². The minimum absolute atomic E-state index is 0.0438. The highest BCUT2D eigenvalue weighted by Gasteiger charge is 2.26. The second-order valence-electron chi connectivity index (χ2n) is 4.80. The van der Waals surface area contributed by atoms with Crippen LogP contribution in [0.3, 0.4) is 0 Å². The van der Waals surface area contributed by atoms with Crippen LogP contribution in [0.1, 0.15) is 23.4 Å². The molecule has 1 fully saturated rings. The Labute approximate surface area is 112 Å². The lowest BCUT2D eigenvalue weighted by atomic mass is 10.1. The Morgan fingerprint density at radius 3 is 2.95 bits per heavy atom. The van der Waals surface area contributed by atoms with E-state index in [1.54, 1.807) is 4.90 Å². The zero-order chi connectivity index (χ0) is 13.8. The SMILES string of the molecule is Cc1noc(C)c1CCC(=O)N1CCOCC1CO. The maximum absolute atomic E-state index is 12.2. The van der Waals surface area contributed by atoms with Gasteiger partial charge in [-0.05, 0) is 20.3 Å². The van der Waals surface area contributed by atoms with Crippen LogP contribution in [0, 0.1) is 13.8 Å². The molecule has 6 nitrogen and oxygen atoms in total. The molecule has 1 saturated heterocycles. The number of carbonyl (C=O) groups is 1. The molecular weight excluding hydrogens is 248 g/mol. The van der Waals surface area contributed by atoms with Crippen molar-refractivity contribution in [2.75, 3.05) is 26.4 Å². The number of ether oxygens (including phenoxy) is 1. The van der Waals surface area contributed by atoms with Crippen LogP contribution in [0.15, 0.2) is 4.52 Å². The fourth-order valence-corrected chi connectivity index (χ4v) is 2.37. The molecule has 1 aliphatic rings. The van der Waals surface area contributed by atoms with Gasteiger partial charge in [0, 0.05) is 18.5 Å². The molecule has 6 heteroatoms. The van der Waals surface area contributed by atoms with Crippen molar-refractivity contribution in [3.63, 3.8) is 0 Å². The lowest BCUT2D eigenvalue weighted by molar-refractivity contribution is -0.141. The molecule has 0 saturated carbocycles. The number of hydrogen-bond donors (Lipinski definition) is 1. The summed E-state index contributed by atoms with van der Waals surface area (Å²) in [6, 6.07) is -0.217. The molecule has 1 N–H and O–H groups in total. The molecule has 19 heavy (non-hydrogen) atoms. The van der Waals surface area contributed by atoms with Gasteiger partial charge in [-0.2, -0.15) is 0 Å². The zero-order valence-corrected chi connectivity index (χ0v) is 11.4. The van der Waals surface area contributed by atoms with Crippen LogP contribution < -0.4 is 0 Å². The van der Waals surface area contributed by atoms with Gasteiger partial charge < -0.3 is 19.3 Å². The number of aliphatic hydroxyl groups excluding tert-OH is 1. The minimum Gasteiger partial charge on any atom is -0.394 e. The van der Waals surface area contributed by atoms with Gasteiger partial charge in [0.2, 0.25) is 5.91 Å². The van der Waals surface area contributed by atoms with Crippen molar-refractivity contribution in [1.29, 1.82) is 0 Å². The summed E-state index contributed by atoms with van der Waals surface area (Å²) in [7, 11) is 0. The zero-order valence-electron chi connectivity index (χ0n) is 11.4. The molecule has 0 aromatic carbocycles. The first kappa shape index (κ1) is 14.0. The summed E-state index contributed by atoms with van der Waals surface area (Å²) in [5.41, 5.74) is 1.84. The van der Waals surface area contributed by atoms with Gasteiger partial charge in [0.15, 0.2) is 0 Å². The normalized spacial score (nSPS) is 19.7. The number of aromatic nitrogens is 1. The Balaban J connectivity index is 1.93. The van der Waals surface area contributed by atoms with E-state index in [-0.39, 0.29) is 18.6 Å². The molecule has 2 heterocycles. The fraction of sp³-hybridized carbons (Fsp3) is 0.692. The number of carbonyl (C=O) groups excluding carboxylic acids is 1. The first-order valence-corrected chi connectivity index (χ1v) is 6.53.